The van der Waals surface area contributed by atoms with Crippen molar-refractivity contribution < 1.29 is 19.2 Å². The van der Waals surface area contributed by atoms with Crippen molar-refractivity contribution in [2.75, 3.05) is 11.9 Å². The Hall–Kier alpha value is -2.87. The van der Waals surface area contributed by atoms with Gasteiger partial charge in [-0.15, -0.1) is 11.8 Å². The molecule has 0 saturated carbocycles. The fourth-order valence-corrected chi connectivity index (χ4v) is 3.60. The van der Waals surface area contributed by atoms with Gasteiger partial charge in [-0.25, -0.2) is 0 Å². The van der Waals surface area contributed by atoms with Crippen molar-refractivity contribution in [3.05, 3.63) is 63.7 Å². The molecule has 1 amide bonds. The number of para-hydroxylation sites is 1. The summed E-state index contributed by atoms with van der Waals surface area (Å²) in [6.07, 6.45) is 1.57. The number of amides is 1. The summed E-state index contributed by atoms with van der Waals surface area (Å²) in [5.74, 6) is -0.913. The van der Waals surface area contributed by atoms with Gasteiger partial charge in [0.25, 0.3) is 11.6 Å². The van der Waals surface area contributed by atoms with Crippen molar-refractivity contribution in [3.63, 3.8) is 0 Å². The van der Waals surface area contributed by atoms with Gasteiger partial charge < -0.3 is 10.1 Å². The quantitative estimate of drug-likeness (QED) is 0.282. The second-order valence-electron chi connectivity index (χ2n) is 6.33. The van der Waals surface area contributed by atoms with E-state index in [1.165, 1.54) is 23.9 Å². The topological polar surface area (TPSA) is 98.5 Å². The van der Waals surface area contributed by atoms with E-state index in [0.717, 1.165) is 29.7 Å². The van der Waals surface area contributed by atoms with Gasteiger partial charge in [0.1, 0.15) is 5.25 Å². The molecule has 2 aromatic carbocycles. The van der Waals surface area contributed by atoms with E-state index in [9.17, 15) is 19.7 Å². The smallest absolute Gasteiger partial charge is 0.319 e. The lowest BCUT2D eigenvalue weighted by Crippen LogP contribution is -2.25. The second kappa shape index (κ2) is 10.6. The summed E-state index contributed by atoms with van der Waals surface area (Å²) in [4.78, 5) is 35.4. The first kappa shape index (κ1) is 22.4. The Morgan fingerprint density at radius 3 is 2.21 bits per heavy atom. The molecule has 2 aromatic rings. The summed E-state index contributed by atoms with van der Waals surface area (Å²) in [7, 11) is 0. The van der Waals surface area contributed by atoms with E-state index in [4.69, 9.17) is 4.74 Å². The van der Waals surface area contributed by atoms with Crippen LogP contribution in [0.5, 0.6) is 0 Å². The summed E-state index contributed by atoms with van der Waals surface area (Å²) < 4.78 is 5.14. The predicted octanol–water partition coefficient (Wildman–Crippen LogP) is 4.38. The molecule has 0 aliphatic rings. The van der Waals surface area contributed by atoms with Gasteiger partial charge in [0.2, 0.25) is 0 Å². The number of carbonyl (C=O) groups excluding carboxylic acids is 2. The van der Waals surface area contributed by atoms with Gasteiger partial charge in [-0.1, -0.05) is 32.0 Å². The predicted molar refractivity (Wildman–Crippen MR) is 113 cm³/mol. The Balaban J connectivity index is 1.90. The molecule has 0 heterocycles. The standard InChI is InChI=1S/C21H24N2O5S/c1-4-15-7-6-8-16(5-2)20(15)22-19(24)13-28-21(25)14(3)29-18-11-9-17(10-12-18)23(26)27/h6-12,14H,4-5,13H2,1-3H3,(H,22,24)/t14-/m1/s1. The number of thioether (sulfide) groups is 1. The van der Waals surface area contributed by atoms with E-state index in [1.807, 2.05) is 32.0 Å². The van der Waals surface area contributed by atoms with Crippen LogP contribution in [0.3, 0.4) is 0 Å². The molecule has 0 saturated heterocycles. The fourth-order valence-electron chi connectivity index (χ4n) is 2.73. The number of nitrogens with one attached hydrogen (secondary N) is 1. The van der Waals surface area contributed by atoms with Gasteiger partial charge in [0, 0.05) is 22.7 Å². The molecule has 1 N–H and O–H groups in total. The Morgan fingerprint density at radius 1 is 1.10 bits per heavy atom. The molecule has 7 nitrogen and oxygen atoms in total. The van der Waals surface area contributed by atoms with Gasteiger partial charge >= 0.3 is 5.97 Å². The zero-order chi connectivity index (χ0) is 21.4. The number of rotatable bonds is 9. The molecule has 8 heteroatoms. The molecular formula is C21H24N2O5S. The Morgan fingerprint density at radius 2 is 1.69 bits per heavy atom. The van der Waals surface area contributed by atoms with E-state index in [1.54, 1.807) is 19.1 Å². The van der Waals surface area contributed by atoms with Crippen LogP contribution in [0.1, 0.15) is 31.9 Å². The van der Waals surface area contributed by atoms with Crippen LogP contribution < -0.4 is 5.32 Å². The second-order valence-corrected chi connectivity index (χ2v) is 7.74. The Labute approximate surface area is 174 Å². The molecule has 0 fully saturated rings. The zero-order valence-corrected chi connectivity index (χ0v) is 17.5. The normalized spacial score (nSPS) is 11.6. The van der Waals surface area contributed by atoms with Gasteiger partial charge in [-0.2, -0.15) is 0 Å². The van der Waals surface area contributed by atoms with Crippen molar-refractivity contribution in [1.29, 1.82) is 0 Å². The Bertz CT molecular complexity index is 861. The molecule has 0 unspecified atom stereocenters. The fraction of sp³-hybridized carbons (Fsp3) is 0.333. The number of benzene rings is 2. The number of esters is 1. The summed E-state index contributed by atoms with van der Waals surface area (Å²) in [5, 5.41) is 13.0. The van der Waals surface area contributed by atoms with E-state index in [2.05, 4.69) is 5.32 Å². The van der Waals surface area contributed by atoms with Crippen LogP contribution in [0.25, 0.3) is 0 Å². The number of nitro benzene ring substituents is 1. The maximum atomic E-state index is 12.3. The highest BCUT2D eigenvalue weighted by atomic mass is 32.2. The molecule has 154 valence electrons. The highest BCUT2D eigenvalue weighted by molar-refractivity contribution is 8.00. The lowest BCUT2D eigenvalue weighted by molar-refractivity contribution is -0.384. The Kier molecular flexibility index (Phi) is 8.21. The number of hydrogen-bond acceptors (Lipinski definition) is 6. The van der Waals surface area contributed by atoms with Crippen molar-refractivity contribution in [2.24, 2.45) is 0 Å². The van der Waals surface area contributed by atoms with Gasteiger partial charge in [-0.05, 0) is 43.0 Å². The number of ether oxygens (including phenoxy) is 1. The molecule has 0 bridgehead atoms. The maximum Gasteiger partial charge on any atom is 0.319 e. The molecule has 29 heavy (non-hydrogen) atoms. The molecule has 0 radical (unpaired) electrons. The molecule has 0 aliphatic carbocycles. The van der Waals surface area contributed by atoms with Crippen LogP contribution >= 0.6 is 11.8 Å². The van der Waals surface area contributed by atoms with Crippen LogP contribution in [0.4, 0.5) is 11.4 Å². The highest BCUT2D eigenvalue weighted by Gasteiger charge is 2.19. The van der Waals surface area contributed by atoms with E-state index in [-0.39, 0.29) is 18.2 Å². The van der Waals surface area contributed by atoms with Gasteiger partial charge in [0.05, 0.1) is 4.92 Å². The van der Waals surface area contributed by atoms with E-state index in [0.29, 0.717) is 4.90 Å². The number of aryl methyl sites for hydroxylation is 2. The number of hydrogen-bond donors (Lipinski definition) is 1. The van der Waals surface area contributed by atoms with Crippen LogP contribution in [-0.4, -0.2) is 28.7 Å². The lowest BCUT2D eigenvalue weighted by Gasteiger charge is -2.15. The number of non-ortho nitro benzene ring substituents is 1. The molecule has 0 spiro atoms. The minimum absolute atomic E-state index is 0.0138. The number of nitrogens with zero attached hydrogens (tertiary/aromatic N) is 1. The average Bonchev–Trinajstić information content (AvgIpc) is 2.72. The number of carbonyl (C=O) groups is 2. The highest BCUT2D eigenvalue weighted by Crippen LogP contribution is 2.26. The maximum absolute atomic E-state index is 12.3. The molecular weight excluding hydrogens is 392 g/mol. The SMILES string of the molecule is CCc1cccc(CC)c1NC(=O)COC(=O)[C@@H](C)Sc1ccc([N+](=O)[O-])cc1. The third-order valence-corrected chi connectivity index (χ3v) is 5.39. The largest absolute Gasteiger partial charge is 0.455 e. The first-order chi connectivity index (χ1) is 13.8. The first-order valence-corrected chi connectivity index (χ1v) is 10.2. The average molecular weight is 416 g/mol. The summed E-state index contributed by atoms with van der Waals surface area (Å²) in [5.41, 5.74) is 2.84. The van der Waals surface area contributed by atoms with Crippen molar-refractivity contribution in [3.8, 4) is 0 Å². The van der Waals surface area contributed by atoms with E-state index < -0.39 is 16.1 Å². The van der Waals surface area contributed by atoms with Gasteiger partial charge in [0.15, 0.2) is 6.61 Å². The summed E-state index contributed by atoms with van der Waals surface area (Å²) in [6, 6.07) is 11.8. The van der Waals surface area contributed by atoms with E-state index >= 15 is 0 Å². The van der Waals surface area contributed by atoms with Crippen LogP contribution in [0.15, 0.2) is 47.4 Å². The number of anilines is 1. The summed E-state index contributed by atoms with van der Waals surface area (Å²) >= 11 is 1.21. The monoisotopic (exact) mass is 416 g/mol. The first-order valence-electron chi connectivity index (χ1n) is 9.34. The molecule has 0 aliphatic heterocycles. The van der Waals surface area contributed by atoms with Crippen molar-refractivity contribution in [2.45, 2.75) is 43.8 Å². The van der Waals surface area contributed by atoms with Crippen LogP contribution in [0, 0.1) is 10.1 Å². The van der Waals surface area contributed by atoms with Gasteiger partial charge in [-0.3, -0.25) is 19.7 Å². The lowest BCUT2D eigenvalue weighted by atomic mass is 10.0. The number of nitro groups is 1. The molecule has 1 atom stereocenters. The van der Waals surface area contributed by atoms with Crippen LogP contribution in [0.2, 0.25) is 0 Å². The third-order valence-electron chi connectivity index (χ3n) is 4.30. The van der Waals surface area contributed by atoms with Crippen molar-refractivity contribution >= 4 is 35.0 Å². The van der Waals surface area contributed by atoms with Crippen LogP contribution in [-0.2, 0) is 27.2 Å². The third kappa shape index (κ3) is 6.32. The molecule has 2 rings (SSSR count). The minimum Gasteiger partial charge on any atom is -0.455 e. The van der Waals surface area contributed by atoms with Crippen molar-refractivity contribution in [1.82, 2.24) is 0 Å². The molecule has 0 aromatic heterocycles. The minimum atomic E-state index is -0.557. The summed E-state index contributed by atoms with van der Waals surface area (Å²) in [6.45, 7) is 5.32. The zero-order valence-electron chi connectivity index (χ0n) is 16.6.